The van der Waals surface area contributed by atoms with Crippen molar-refractivity contribution in [3.8, 4) is 0 Å². The highest BCUT2D eigenvalue weighted by Crippen LogP contribution is 2.12. The first-order valence-electron chi connectivity index (χ1n) is 6.30. The van der Waals surface area contributed by atoms with Crippen molar-refractivity contribution in [2.45, 2.75) is 45.6 Å². The zero-order valence-corrected chi connectivity index (χ0v) is 10.7. The van der Waals surface area contributed by atoms with Crippen molar-refractivity contribution >= 4 is 11.6 Å². The Morgan fingerprint density at radius 2 is 2.18 bits per heavy atom. The fourth-order valence-corrected chi connectivity index (χ4v) is 1.79. The molecule has 1 aromatic rings. The van der Waals surface area contributed by atoms with E-state index in [1.165, 1.54) is 5.56 Å². The maximum Gasteiger partial charge on any atom is 0.225 e. The predicted molar refractivity (Wildman–Crippen MR) is 72.0 cm³/mol. The van der Waals surface area contributed by atoms with Crippen LogP contribution < -0.4 is 11.1 Å². The van der Waals surface area contributed by atoms with Crippen LogP contribution in [0.25, 0.3) is 0 Å². The van der Waals surface area contributed by atoms with Gasteiger partial charge in [0.1, 0.15) is 0 Å². The van der Waals surface area contributed by atoms with Gasteiger partial charge in [-0.05, 0) is 30.5 Å². The summed E-state index contributed by atoms with van der Waals surface area (Å²) >= 11 is 0. The van der Waals surface area contributed by atoms with Gasteiger partial charge in [-0.25, -0.2) is 0 Å². The van der Waals surface area contributed by atoms with E-state index in [1.54, 1.807) is 0 Å². The molecular weight excluding hydrogens is 212 g/mol. The molecule has 1 rings (SSSR count). The highest BCUT2D eigenvalue weighted by molar-refractivity contribution is 5.91. The van der Waals surface area contributed by atoms with Crippen LogP contribution in [0.5, 0.6) is 0 Å². The monoisotopic (exact) mass is 234 g/mol. The summed E-state index contributed by atoms with van der Waals surface area (Å²) in [6.07, 6.45) is 3.27. The maximum atomic E-state index is 11.7. The molecule has 0 saturated heterocycles. The van der Waals surface area contributed by atoms with Gasteiger partial charge in [0.25, 0.3) is 0 Å². The second kappa shape index (κ2) is 7.07. The topological polar surface area (TPSA) is 55.1 Å². The van der Waals surface area contributed by atoms with Crippen LogP contribution in [0.1, 0.15) is 38.7 Å². The summed E-state index contributed by atoms with van der Waals surface area (Å²) in [5.74, 6) is -0.000738. The molecule has 0 aromatic heterocycles. The van der Waals surface area contributed by atoms with Crippen molar-refractivity contribution in [3.05, 3.63) is 29.8 Å². The van der Waals surface area contributed by atoms with Gasteiger partial charge >= 0.3 is 0 Å². The minimum atomic E-state index is -0.0330. The van der Waals surface area contributed by atoms with Gasteiger partial charge in [-0.2, -0.15) is 0 Å². The second-order valence-corrected chi connectivity index (χ2v) is 4.35. The lowest BCUT2D eigenvalue weighted by Crippen LogP contribution is -2.26. The summed E-state index contributed by atoms with van der Waals surface area (Å²) in [5.41, 5.74) is 7.92. The Bertz CT molecular complexity index is 363. The number of nitrogens with two attached hydrogens (primary N) is 1. The number of aryl methyl sites for hydroxylation is 1. The number of nitrogens with one attached hydrogen (secondary N) is 1. The molecule has 1 amide bonds. The quantitative estimate of drug-likeness (QED) is 0.795. The zero-order valence-electron chi connectivity index (χ0n) is 10.7. The number of carbonyl (C=O) groups is 1. The summed E-state index contributed by atoms with van der Waals surface area (Å²) < 4.78 is 0. The van der Waals surface area contributed by atoms with Crippen LogP contribution in [0.4, 0.5) is 5.69 Å². The van der Waals surface area contributed by atoms with Crippen molar-refractivity contribution in [3.63, 3.8) is 0 Å². The zero-order chi connectivity index (χ0) is 12.7. The van der Waals surface area contributed by atoms with E-state index in [0.29, 0.717) is 6.42 Å². The van der Waals surface area contributed by atoms with Crippen molar-refractivity contribution in [1.82, 2.24) is 0 Å². The van der Waals surface area contributed by atoms with Crippen LogP contribution in [0.2, 0.25) is 0 Å². The van der Waals surface area contributed by atoms with Gasteiger partial charge in [0.2, 0.25) is 5.91 Å². The standard InChI is InChI=1S/C14H22N2O/c1-3-6-12(15)10-14(17)16-13-8-5-7-11(4-2)9-13/h5,7-9,12H,3-4,6,10,15H2,1-2H3,(H,16,17). The highest BCUT2D eigenvalue weighted by Gasteiger charge is 2.08. The Labute approximate surface area is 103 Å². The number of rotatable bonds is 6. The van der Waals surface area contributed by atoms with Crippen LogP contribution in [0, 0.1) is 0 Å². The lowest BCUT2D eigenvalue weighted by molar-refractivity contribution is -0.116. The third-order valence-corrected chi connectivity index (χ3v) is 2.73. The van der Waals surface area contributed by atoms with Crippen molar-refractivity contribution < 1.29 is 4.79 Å². The molecule has 1 atom stereocenters. The molecule has 3 nitrogen and oxygen atoms in total. The molecular formula is C14H22N2O. The first-order valence-corrected chi connectivity index (χ1v) is 6.30. The molecule has 0 radical (unpaired) electrons. The summed E-state index contributed by atoms with van der Waals surface area (Å²) in [6, 6.07) is 7.89. The lowest BCUT2D eigenvalue weighted by Gasteiger charge is -2.11. The molecule has 0 fully saturated rings. The van der Waals surface area contributed by atoms with Crippen LogP contribution >= 0.6 is 0 Å². The molecule has 0 bridgehead atoms. The molecule has 0 spiro atoms. The van der Waals surface area contributed by atoms with Gasteiger partial charge in [-0.1, -0.05) is 32.4 Å². The molecule has 0 saturated carbocycles. The highest BCUT2D eigenvalue weighted by atomic mass is 16.1. The van der Waals surface area contributed by atoms with Crippen LogP contribution in [0.15, 0.2) is 24.3 Å². The van der Waals surface area contributed by atoms with E-state index in [2.05, 4.69) is 25.2 Å². The van der Waals surface area contributed by atoms with Crippen LogP contribution in [-0.2, 0) is 11.2 Å². The van der Waals surface area contributed by atoms with Gasteiger partial charge in [0.05, 0.1) is 0 Å². The number of carbonyl (C=O) groups excluding carboxylic acids is 1. The van der Waals surface area contributed by atoms with Gasteiger partial charge in [-0.15, -0.1) is 0 Å². The Morgan fingerprint density at radius 1 is 1.41 bits per heavy atom. The smallest absolute Gasteiger partial charge is 0.225 e. The van der Waals surface area contributed by atoms with E-state index in [9.17, 15) is 4.79 Å². The Hall–Kier alpha value is -1.35. The number of amides is 1. The Morgan fingerprint density at radius 3 is 2.82 bits per heavy atom. The number of anilines is 1. The van der Waals surface area contributed by atoms with E-state index >= 15 is 0 Å². The van der Waals surface area contributed by atoms with Gasteiger partial charge in [-0.3, -0.25) is 4.79 Å². The molecule has 1 unspecified atom stereocenters. The molecule has 1 aromatic carbocycles. The summed E-state index contributed by atoms with van der Waals surface area (Å²) in [7, 11) is 0. The summed E-state index contributed by atoms with van der Waals surface area (Å²) in [5, 5.41) is 2.89. The number of hydrogen-bond donors (Lipinski definition) is 2. The van der Waals surface area contributed by atoms with E-state index < -0.39 is 0 Å². The molecule has 17 heavy (non-hydrogen) atoms. The molecule has 3 heteroatoms. The molecule has 0 aliphatic heterocycles. The van der Waals surface area contributed by atoms with E-state index in [1.807, 2.05) is 18.2 Å². The molecule has 0 aliphatic rings. The average molecular weight is 234 g/mol. The van der Waals surface area contributed by atoms with Crippen LogP contribution in [-0.4, -0.2) is 11.9 Å². The Kier molecular flexibility index (Phi) is 5.70. The fraction of sp³-hybridized carbons (Fsp3) is 0.500. The third-order valence-electron chi connectivity index (χ3n) is 2.73. The largest absolute Gasteiger partial charge is 0.327 e. The van der Waals surface area contributed by atoms with Crippen LogP contribution in [0.3, 0.4) is 0 Å². The minimum Gasteiger partial charge on any atom is -0.327 e. The van der Waals surface area contributed by atoms with E-state index in [-0.39, 0.29) is 11.9 Å². The normalized spacial score (nSPS) is 12.2. The second-order valence-electron chi connectivity index (χ2n) is 4.35. The van der Waals surface area contributed by atoms with Crippen molar-refractivity contribution in [1.29, 1.82) is 0 Å². The minimum absolute atomic E-state index is 0.000738. The average Bonchev–Trinajstić information content (AvgIpc) is 2.29. The first kappa shape index (κ1) is 13.7. The van der Waals surface area contributed by atoms with E-state index in [4.69, 9.17) is 5.73 Å². The predicted octanol–water partition coefficient (Wildman–Crippen LogP) is 2.71. The van der Waals surface area contributed by atoms with Crippen molar-refractivity contribution in [2.75, 3.05) is 5.32 Å². The first-order chi connectivity index (χ1) is 8.15. The number of hydrogen-bond acceptors (Lipinski definition) is 2. The molecule has 0 heterocycles. The number of benzene rings is 1. The lowest BCUT2D eigenvalue weighted by atomic mass is 10.1. The third kappa shape index (κ3) is 5.00. The van der Waals surface area contributed by atoms with Gasteiger partial charge < -0.3 is 11.1 Å². The van der Waals surface area contributed by atoms with Crippen molar-refractivity contribution in [2.24, 2.45) is 5.73 Å². The van der Waals surface area contributed by atoms with Gasteiger partial charge in [0, 0.05) is 18.2 Å². The molecule has 0 aliphatic carbocycles. The summed E-state index contributed by atoms with van der Waals surface area (Å²) in [4.78, 5) is 11.7. The molecule has 3 N–H and O–H groups in total. The molecule has 94 valence electrons. The SMILES string of the molecule is CCCC(N)CC(=O)Nc1cccc(CC)c1. The Balaban J connectivity index is 2.49. The van der Waals surface area contributed by atoms with E-state index in [0.717, 1.165) is 24.9 Å². The maximum absolute atomic E-state index is 11.7. The summed E-state index contributed by atoms with van der Waals surface area (Å²) in [6.45, 7) is 4.17. The fourth-order valence-electron chi connectivity index (χ4n) is 1.79. The van der Waals surface area contributed by atoms with Gasteiger partial charge in [0.15, 0.2) is 0 Å².